The SMILES string of the molecule is Cc1ccc(C(=O)NC(C)CC(=O)O)cn1. The van der Waals surface area contributed by atoms with Gasteiger partial charge in [-0.1, -0.05) is 0 Å². The summed E-state index contributed by atoms with van der Waals surface area (Å²) in [6.07, 6.45) is 1.38. The van der Waals surface area contributed by atoms with Gasteiger partial charge < -0.3 is 10.4 Å². The van der Waals surface area contributed by atoms with E-state index in [9.17, 15) is 9.59 Å². The Bertz CT molecular complexity index is 387. The summed E-state index contributed by atoms with van der Waals surface area (Å²) in [4.78, 5) is 26.0. The minimum absolute atomic E-state index is 0.0922. The van der Waals surface area contributed by atoms with Gasteiger partial charge in [-0.15, -0.1) is 0 Å². The van der Waals surface area contributed by atoms with Crippen molar-refractivity contribution in [1.82, 2.24) is 10.3 Å². The molecule has 0 fully saturated rings. The molecular formula is C11H14N2O3. The number of aromatic nitrogens is 1. The van der Waals surface area contributed by atoms with Gasteiger partial charge in [-0.25, -0.2) is 0 Å². The van der Waals surface area contributed by atoms with Crippen LogP contribution in [0.25, 0.3) is 0 Å². The third kappa shape index (κ3) is 3.68. The van der Waals surface area contributed by atoms with Crippen LogP contribution in [0.15, 0.2) is 18.3 Å². The van der Waals surface area contributed by atoms with Gasteiger partial charge in [0.15, 0.2) is 0 Å². The van der Waals surface area contributed by atoms with Crippen LogP contribution in [0.5, 0.6) is 0 Å². The molecule has 0 spiro atoms. The van der Waals surface area contributed by atoms with Crippen molar-refractivity contribution in [1.29, 1.82) is 0 Å². The van der Waals surface area contributed by atoms with E-state index in [1.54, 1.807) is 19.1 Å². The van der Waals surface area contributed by atoms with Crippen molar-refractivity contribution in [3.05, 3.63) is 29.6 Å². The number of carbonyl (C=O) groups excluding carboxylic acids is 1. The molecule has 0 radical (unpaired) electrons. The van der Waals surface area contributed by atoms with Gasteiger partial charge in [-0.05, 0) is 26.0 Å². The number of nitrogens with one attached hydrogen (secondary N) is 1. The van der Waals surface area contributed by atoms with E-state index in [1.807, 2.05) is 6.92 Å². The molecule has 1 aromatic heterocycles. The summed E-state index contributed by atoms with van der Waals surface area (Å²) in [7, 11) is 0. The third-order valence-electron chi connectivity index (χ3n) is 2.03. The molecule has 0 bridgehead atoms. The fourth-order valence-corrected chi connectivity index (χ4v) is 1.22. The number of amides is 1. The highest BCUT2D eigenvalue weighted by Gasteiger charge is 2.12. The number of nitrogens with zero attached hydrogens (tertiary/aromatic N) is 1. The van der Waals surface area contributed by atoms with E-state index in [-0.39, 0.29) is 12.3 Å². The van der Waals surface area contributed by atoms with Gasteiger partial charge in [0.1, 0.15) is 0 Å². The molecule has 0 saturated heterocycles. The second-order valence-electron chi connectivity index (χ2n) is 3.66. The van der Waals surface area contributed by atoms with Crippen molar-refractivity contribution >= 4 is 11.9 Å². The normalized spacial score (nSPS) is 11.9. The van der Waals surface area contributed by atoms with Crippen molar-refractivity contribution in [3.8, 4) is 0 Å². The highest BCUT2D eigenvalue weighted by molar-refractivity contribution is 5.94. The molecule has 1 amide bonds. The average Bonchev–Trinajstić information content (AvgIpc) is 2.16. The number of carboxylic acid groups (broad SMARTS) is 1. The predicted octanol–water partition coefficient (Wildman–Crippen LogP) is 0.983. The molecule has 0 aliphatic carbocycles. The van der Waals surface area contributed by atoms with E-state index in [1.165, 1.54) is 6.20 Å². The smallest absolute Gasteiger partial charge is 0.305 e. The molecule has 5 heteroatoms. The highest BCUT2D eigenvalue weighted by atomic mass is 16.4. The van der Waals surface area contributed by atoms with Gasteiger partial charge >= 0.3 is 5.97 Å². The van der Waals surface area contributed by atoms with E-state index in [4.69, 9.17) is 5.11 Å². The Labute approximate surface area is 93.5 Å². The molecule has 1 atom stereocenters. The van der Waals surface area contributed by atoms with Crippen LogP contribution in [-0.4, -0.2) is 28.0 Å². The maximum absolute atomic E-state index is 11.6. The fraction of sp³-hybridized carbons (Fsp3) is 0.364. The van der Waals surface area contributed by atoms with E-state index in [2.05, 4.69) is 10.3 Å². The van der Waals surface area contributed by atoms with Crippen LogP contribution >= 0.6 is 0 Å². The van der Waals surface area contributed by atoms with Gasteiger partial charge in [0.2, 0.25) is 0 Å². The Morgan fingerprint density at radius 2 is 2.19 bits per heavy atom. The monoisotopic (exact) mass is 222 g/mol. The van der Waals surface area contributed by atoms with Crippen LogP contribution in [0.2, 0.25) is 0 Å². The Morgan fingerprint density at radius 1 is 1.50 bits per heavy atom. The van der Waals surface area contributed by atoms with E-state index in [0.29, 0.717) is 5.56 Å². The average molecular weight is 222 g/mol. The van der Waals surface area contributed by atoms with Crippen LogP contribution in [0, 0.1) is 6.92 Å². The summed E-state index contributed by atoms with van der Waals surface area (Å²) in [6, 6.07) is 2.99. The fourth-order valence-electron chi connectivity index (χ4n) is 1.22. The first-order valence-corrected chi connectivity index (χ1v) is 4.94. The number of hydrogen-bond acceptors (Lipinski definition) is 3. The summed E-state index contributed by atoms with van der Waals surface area (Å²) >= 11 is 0. The number of rotatable bonds is 4. The van der Waals surface area contributed by atoms with Crippen LogP contribution in [-0.2, 0) is 4.79 Å². The zero-order valence-corrected chi connectivity index (χ0v) is 9.23. The lowest BCUT2D eigenvalue weighted by Crippen LogP contribution is -2.34. The maximum atomic E-state index is 11.6. The number of aliphatic carboxylic acids is 1. The molecule has 0 aliphatic heterocycles. The number of carbonyl (C=O) groups is 2. The Morgan fingerprint density at radius 3 is 2.69 bits per heavy atom. The number of carboxylic acids is 1. The number of hydrogen-bond donors (Lipinski definition) is 2. The quantitative estimate of drug-likeness (QED) is 0.796. The standard InChI is InChI=1S/C11H14N2O3/c1-7-3-4-9(6-12-7)11(16)13-8(2)5-10(14)15/h3-4,6,8H,5H2,1-2H3,(H,13,16)(H,14,15). The molecule has 1 aromatic rings. The van der Waals surface area contributed by atoms with Crippen molar-refractivity contribution in [2.24, 2.45) is 0 Å². The molecule has 86 valence electrons. The summed E-state index contributed by atoms with van der Waals surface area (Å²) in [6.45, 7) is 3.47. The second-order valence-corrected chi connectivity index (χ2v) is 3.66. The summed E-state index contributed by atoms with van der Waals surface area (Å²) < 4.78 is 0. The van der Waals surface area contributed by atoms with Gasteiger partial charge in [-0.3, -0.25) is 14.6 Å². The molecule has 0 saturated carbocycles. The zero-order chi connectivity index (χ0) is 12.1. The molecule has 0 aromatic carbocycles. The zero-order valence-electron chi connectivity index (χ0n) is 9.23. The summed E-state index contributed by atoms with van der Waals surface area (Å²) in [5.74, 6) is -1.24. The van der Waals surface area contributed by atoms with Gasteiger partial charge in [0, 0.05) is 17.9 Å². The van der Waals surface area contributed by atoms with Crippen LogP contribution in [0.4, 0.5) is 0 Å². The largest absolute Gasteiger partial charge is 0.481 e. The molecule has 0 aliphatic rings. The van der Waals surface area contributed by atoms with Crippen molar-refractivity contribution in [3.63, 3.8) is 0 Å². The molecule has 16 heavy (non-hydrogen) atoms. The first kappa shape index (κ1) is 12.2. The molecule has 1 rings (SSSR count). The molecule has 1 unspecified atom stereocenters. The van der Waals surface area contributed by atoms with Gasteiger partial charge in [-0.2, -0.15) is 0 Å². The minimum atomic E-state index is -0.935. The third-order valence-corrected chi connectivity index (χ3v) is 2.03. The van der Waals surface area contributed by atoms with Crippen LogP contribution in [0.1, 0.15) is 29.4 Å². The highest BCUT2D eigenvalue weighted by Crippen LogP contribution is 2.00. The summed E-state index contributed by atoms with van der Waals surface area (Å²) in [5.41, 5.74) is 1.26. The number of pyridine rings is 1. The van der Waals surface area contributed by atoms with Gasteiger partial charge in [0.25, 0.3) is 5.91 Å². The maximum Gasteiger partial charge on any atom is 0.305 e. The van der Waals surface area contributed by atoms with E-state index >= 15 is 0 Å². The molecule has 2 N–H and O–H groups in total. The van der Waals surface area contributed by atoms with Crippen LogP contribution < -0.4 is 5.32 Å². The molecule has 5 nitrogen and oxygen atoms in total. The van der Waals surface area contributed by atoms with Crippen molar-refractivity contribution in [2.75, 3.05) is 0 Å². The van der Waals surface area contributed by atoms with Crippen LogP contribution in [0.3, 0.4) is 0 Å². The first-order valence-electron chi connectivity index (χ1n) is 4.94. The summed E-state index contributed by atoms with van der Waals surface area (Å²) in [5, 5.41) is 11.1. The Hall–Kier alpha value is -1.91. The van der Waals surface area contributed by atoms with E-state index in [0.717, 1.165) is 5.69 Å². The lowest BCUT2D eigenvalue weighted by molar-refractivity contribution is -0.137. The first-order chi connectivity index (χ1) is 7.49. The Balaban J connectivity index is 2.58. The topological polar surface area (TPSA) is 79.3 Å². The van der Waals surface area contributed by atoms with E-state index < -0.39 is 12.0 Å². The van der Waals surface area contributed by atoms with Crippen molar-refractivity contribution in [2.45, 2.75) is 26.3 Å². The molecular weight excluding hydrogens is 208 g/mol. The molecule has 1 heterocycles. The minimum Gasteiger partial charge on any atom is -0.481 e. The lowest BCUT2D eigenvalue weighted by atomic mass is 10.2. The van der Waals surface area contributed by atoms with Gasteiger partial charge in [0.05, 0.1) is 12.0 Å². The van der Waals surface area contributed by atoms with Crippen molar-refractivity contribution < 1.29 is 14.7 Å². The Kier molecular flexibility index (Phi) is 3.99. The lowest BCUT2D eigenvalue weighted by Gasteiger charge is -2.11. The number of aryl methyl sites for hydroxylation is 1. The predicted molar refractivity (Wildman–Crippen MR) is 58.2 cm³/mol. The second kappa shape index (κ2) is 5.25.